The van der Waals surface area contributed by atoms with Gasteiger partial charge in [0.05, 0.1) is 0 Å². The molecular formula is C13H20IN. The molecule has 0 amide bonds. The summed E-state index contributed by atoms with van der Waals surface area (Å²) in [5, 5.41) is 0. The molecule has 0 spiro atoms. The molecule has 0 radical (unpaired) electrons. The molecule has 2 heteroatoms. The monoisotopic (exact) mass is 317 g/mol. The van der Waals surface area contributed by atoms with Crippen LogP contribution in [0.1, 0.15) is 26.3 Å². The average molecular weight is 317 g/mol. The van der Waals surface area contributed by atoms with Crippen molar-refractivity contribution >= 4 is 22.6 Å². The van der Waals surface area contributed by atoms with Crippen LogP contribution in [0.25, 0.3) is 0 Å². The molecule has 0 aromatic heterocycles. The number of rotatable bonds is 4. The van der Waals surface area contributed by atoms with Crippen molar-refractivity contribution in [3.63, 3.8) is 0 Å². The first-order valence-electron chi connectivity index (χ1n) is 5.47. The van der Waals surface area contributed by atoms with Gasteiger partial charge < -0.3 is 4.90 Å². The van der Waals surface area contributed by atoms with Gasteiger partial charge in [-0.05, 0) is 74.5 Å². The van der Waals surface area contributed by atoms with Crippen molar-refractivity contribution in [3.8, 4) is 0 Å². The minimum Gasteiger partial charge on any atom is -0.301 e. The topological polar surface area (TPSA) is 3.24 Å². The lowest BCUT2D eigenvalue weighted by Gasteiger charge is -2.28. The molecule has 0 aliphatic heterocycles. The highest BCUT2D eigenvalue weighted by Gasteiger charge is 2.12. The molecule has 0 fully saturated rings. The number of benzene rings is 1. The Kier molecular flexibility index (Phi) is 5.06. The number of nitrogens with zero attached hydrogens (tertiary/aromatic N) is 1. The first-order chi connectivity index (χ1) is 7.00. The molecule has 0 bridgehead atoms. The van der Waals surface area contributed by atoms with Gasteiger partial charge in [0.25, 0.3) is 0 Å². The summed E-state index contributed by atoms with van der Waals surface area (Å²) >= 11 is 2.34. The molecule has 1 aromatic carbocycles. The summed E-state index contributed by atoms with van der Waals surface area (Å²) < 4.78 is 1.31. The lowest BCUT2D eigenvalue weighted by molar-refractivity contribution is 0.207. The Morgan fingerprint density at radius 3 is 2.13 bits per heavy atom. The second-order valence-electron chi connectivity index (χ2n) is 4.44. The van der Waals surface area contributed by atoms with Crippen molar-refractivity contribution in [3.05, 3.63) is 33.4 Å². The second kappa shape index (κ2) is 5.85. The average Bonchev–Trinajstić information content (AvgIpc) is 2.20. The molecule has 1 atom stereocenters. The van der Waals surface area contributed by atoms with Gasteiger partial charge >= 0.3 is 0 Å². The zero-order valence-corrected chi connectivity index (χ0v) is 12.2. The number of hydrogen-bond acceptors (Lipinski definition) is 1. The van der Waals surface area contributed by atoms with Crippen LogP contribution in [-0.4, -0.2) is 24.0 Å². The molecule has 1 unspecified atom stereocenters. The molecular weight excluding hydrogens is 297 g/mol. The van der Waals surface area contributed by atoms with E-state index in [0.717, 1.165) is 6.42 Å². The van der Waals surface area contributed by atoms with Gasteiger partial charge in [-0.15, -0.1) is 0 Å². The van der Waals surface area contributed by atoms with Crippen molar-refractivity contribution in [2.75, 3.05) is 7.05 Å². The van der Waals surface area contributed by atoms with Crippen LogP contribution in [0.4, 0.5) is 0 Å². The largest absolute Gasteiger partial charge is 0.301 e. The molecule has 0 N–H and O–H groups in total. The van der Waals surface area contributed by atoms with Crippen molar-refractivity contribution in [1.29, 1.82) is 0 Å². The van der Waals surface area contributed by atoms with E-state index < -0.39 is 0 Å². The van der Waals surface area contributed by atoms with Crippen LogP contribution in [-0.2, 0) is 6.42 Å². The van der Waals surface area contributed by atoms with E-state index in [1.54, 1.807) is 0 Å². The Hall–Kier alpha value is -0.0900. The molecule has 1 aromatic rings. The van der Waals surface area contributed by atoms with E-state index in [2.05, 4.69) is 79.6 Å². The predicted molar refractivity (Wildman–Crippen MR) is 75.2 cm³/mol. The summed E-state index contributed by atoms with van der Waals surface area (Å²) in [4.78, 5) is 2.41. The molecule has 0 heterocycles. The molecule has 0 aliphatic rings. The van der Waals surface area contributed by atoms with E-state index >= 15 is 0 Å². The smallest absolute Gasteiger partial charge is 0.0130 e. The SMILES string of the molecule is CC(C)N(C)C(C)Cc1ccc(I)cc1. The highest BCUT2D eigenvalue weighted by Crippen LogP contribution is 2.12. The Bertz CT molecular complexity index is 292. The van der Waals surface area contributed by atoms with Gasteiger partial charge in [0.1, 0.15) is 0 Å². The number of halogens is 1. The molecule has 0 saturated heterocycles. The summed E-state index contributed by atoms with van der Waals surface area (Å²) in [6.45, 7) is 6.77. The van der Waals surface area contributed by atoms with Crippen molar-refractivity contribution in [1.82, 2.24) is 4.90 Å². The van der Waals surface area contributed by atoms with E-state index in [0.29, 0.717) is 12.1 Å². The second-order valence-corrected chi connectivity index (χ2v) is 5.68. The van der Waals surface area contributed by atoms with Gasteiger partial charge in [0.15, 0.2) is 0 Å². The van der Waals surface area contributed by atoms with Crippen LogP contribution in [0.5, 0.6) is 0 Å². The summed E-state index contributed by atoms with van der Waals surface area (Å²) in [7, 11) is 2.20. The third kappa shape index (κ3) is 4.11. The van der Waals surface area contributed by atoms with Crippen LogP contribution >= 0.6 is 22.6 Å². The standard InChI is InChI=1S/C13H20IN/c1-10(2)15(4)11(3)9-12-5-7-13(14)8-6-12/h5-8,10-11H,9H2,1-4H3. The molecule has 0 aliphatic carbocycles. The van der Waals surface area contributed by atoms with Crippen LogP contribution in [0.15, 0.2) is 24.3 Å². The van der Waals surface area contributed by atoms with Gasteiger partial charge in [-0.3, -0.25) is 0 Å². The minimum absolute atomic E-state index is 0.602. The van der Waals surface area contributed by atoms with Crippen LogP contribution in [0.3, 0.4) is 0 Å². The van der Waals surface area contributed by atoms with Crippen LogP contribution in [0.2, 0.25) is 0 Å². The highest BCUT2D eigenvalue weighted by molar-refractivity contribution is 14.1. The molecule has 1 nitrogen and oxygen atoms in total. The zero-order chi connectivity index (χ0) is 11.4. The van der Waals surface area contributed by atoms with E-state index in [-0.39, 0.29) is 0 Å². The van der Waals surface area contributed by atoms with E-state index in [4.69, 9.17) is 0 Å². The third-order valence-corrected chi connectivity index (χ3v) is 3.67. The quantitative estimate of drug-likeness (QED) is 0.768. The van der Waals surface area contributed by atoms with Gasteiger partial charge in [-0.25, -0.2) is 0 Å². The van der Waals surface area contributed by atoms with Gasteiger partial charge in [0.2, 0.25) is 0 Å². The molecule has 15 heavy (non-hydrogen) atoms. The summed E-state index contributed by atoms with van der Waals surface area (Å²) in [5.41, 5.74) is 1.43. The molecule has 84 valence electrons. The minimum atomic E-state index is 0.602. The number of likely N-dealkylation sites (N-methyl/N-ethyl adjacent to an activating group) is 1. The van der Waals surface area contributed by atoms with Crippen molar-refractivity contribution in [2.45, 2.75) is 39.3 Å². The van der Waals surface area contributed by atoms with Crippen LogP contribution < -0.4 is 0 Å². The van der Waals surface area contributed by atoms with Crippen LogP contribution in [0, 0.1) is 3.57 Å². The summed E-state index contributed by atoms with van der Waals surface area (Å²) in [5.74, 6) is 0. The first-order valence-corrected chi connectivity index (χ1v) is 6.55. The van der Waals surface area contributed by atoms with E-state index in [1.165, 1.54) is 9.13 Å². The van der Waals surface area contributed by atoms with Crippen molar-refractivity contribution in [2.24, 2.45) is 0 Å². The zero-order valence-electron chi connectivity index (χ0n) is 10.00. The fraction of sp³-hybridized carbons (Fsp3) is 0.538. The molecule has 1 rings (SSSR count). The lowest BCUT2D eigenvalue weighted by Crippen LogP contribution is -2.36. The normalized spacial score (nSPS) is 13.5. The van der Waals surface area contributed by atoms with Gasteiger partial charge in [0, 0.05) is 15.7 Å². The van der Waals surface area contributed by atoms with Gasteiger partial charge in [-0.2, -0.15) is 0 Å². The maximum Gasteiger partial charge on any atom is 0.0130 e. The molecule has 0 saturated carbocycles. The van der Waals surface area contributed by atoms with E-state index in [1.807, 2.05) is 0 Å². The first kappa shape index (κ1) is 13.0. The Morgan fingerprint density at radius 2 is 1.67 bits per heavy atom. The fourth-order valence-corrected chi connectivity index (χ4v) is 1.97. The summed E-state index contributed by atoms with van der Waals surface area (Å²) in [6.07, 6.45) is 1.13. The van der Waals surface area contributed by atoms with Crippen molar-refractivity contribution < 1.29 is 0 Å². The van der Waals surface area contributed by atoms with E-state index in [9.17, 15) is 0 Å². The Morgan fingerprint density at radius 1 is 1.13 bits per heavy atom. The Balaban J connectivity index is 2.58. The number of hydrogen-bond donors (Lipinski definition) is 0. The fourth-order valence-electron chi connectivity index (χ4n) is 1.61. The summed E-state index contributed by atoms with van der Waals surface area (Å²) in [6, 6.07) is 10.0. The predicted octanol–water partition coefficient (Wildman–Crippen LogP) is 3.56. The van der Waals surface area contributed by atoms with Gasteiger partial charge in [-0.1, -0.05) is 12.1 Å². The Labute approximate surface area is 107 Å². The third-order valence-electron chi connectivity index (χ3n) is 2.95. The highest BCUT2D eigenvalue weighted by atomic mass is 127. The maximum atomic E-state index is 2.41. The maximum absolute atomic E-state index is 2.41. The lowest BCUT2D eigenvalue weighted by atomic mass is 10.1.